The van der Waals surface area contributed by atoms with Gasteiger partial charge in [0.15, 0.2) is 0 Å². The smallest absolute Gasteiger partial charge is 0.328 e. The molecule has 0 aliphatic heterocycles. The number of allylic oxidation sites excluding steroid dienone is 1. The van der Waals surface area contributed by atoms with E-state index in [-0.39, 0.29) is 5.91 Å². The summed E-state index contributed by atoms with van der Waals surface area (Å²) in [4.78, 5) is 28.5. The van der Waals surface area contributed by atoms with Crippen LogP contribution in [0.2, 0.25) is 0 Å². The van der Waals surface area contributed by atoms with E-state index < -0.39 is 12.0 Å². The van der Waals surface area contributed by atoms with Gasteiger partial charge in [-0.05, 0) is 32.4 Å². The molecule has 0 aliphatic carbocycles. The third-order valence-electron chi connectivity index (χ3n) is 3.41. The van der Waals surface area contributed by atoms with Gasteiger partial charge in [0.1, 0.15) is 6.04 Å². The van der Waals surface area contributed by atoms with Gasteiger partial charge in [0.2, 0.25) is 0 Å². The molecule has 2 aromatic rings. The molecule has 120 valence electrons. The topological polar surface area (TPSA) is 68.3 Å². The minimum Gasteiger partial charge on any atom is -0.467 e. The Hall–Kier alpha value is -2.69. The second-order valence-electron chi connectivity index (χ2n) is 5.48. The molecule has 0 spiro atoms. The predicted molar refractivity (Wildman–Crippen MR) is 89.1 cm³/mol. The van der Waals surface area contributed by atoms with Crippen molar-refractivity contribution >= 4 is 22.8 Å². The number of nitrogens with one attached hydrogen (secondary N) is 1. The van der Waals surface area contributed by atoms with Crippen molar-refractivity contribution in [2.45, 2.75) is 26.3 Å². The van der Waals surface area contributed by atoms with Crippen molar-refractivity contribution in [2.75, 3.05) is 7.11 Å². The lowest BCUT2D eigenvalue weighted by Crippen LogP contribution is -2.41. The molecule has 0 bridgehead atoms. The van der Waals surface area contributed by atoms with Gasteiger partial charge in [0.25, 0.3) is 5.91 Å². The molecule has 0 aliphatic rings. The first-order valence-corrected chi connectivity index (χ1v) is 7.38. The van der Waals surface area contributed by atoms with Gasteiger partial charge in [-0.25, -0.2) is 4.79 Å². The van der Waals surface area contributed by atoms with E-state index in [0.29, 0.717) is 12.0 Å². The number of nitrogens with zero attached hydrogens (tertiary/aromatic N) is 1. The Kier molecular flexibility index (Phi) is 5.46. The van der Waals surface area contributed by atoms with Crippen LogP contribution in [-0.2, 0) is 9.53 Å². The fourth-order valence-corrected chi connectivity index (χ4v) is 2.15. The molecule has 1 atom stereocenters. The number of fused-ring (bicyclic) bond motifs is 1. The number of aromatic nitrogens is 1. The Morgan fingerprint density at radius 1 is 1.30 bits per heavy atom. The number of rotatable bonds is 5. The highest BCUT2D eigenvalue weighted by atomic mass is 16.5. The third-order valence-corrected chi connectivity index (χ3v) is 3.41. The second kappa shape index (κ2) is 7.54. The van der Waals surface area contributed by atoms with Crippen molar-refractivity contribution in [2.24, 2.45) is 0 Å². The van der Waals surface area contributed by atoms with Crippen LogP contribution in [0, 0.1) is 0 Å². The minimum absolute atomic E-state index is 0.346. The van der Waals surface area contributed by atoms with E-state index in [9.17, 15) is 9.59 Å². The molecular weight excluding hydrogens is 292 g/mol. The van der Waals surface area contributed by atoms with E-state index in [2.05, 4.69) is 10.3 Å². The molecule has 1 aromatic carbocycles. The maximum absolute atomic E-state index is 12.4. The number of hydrogen-bond acceptors (Lipinski definition) is 4. The summed E-state index contributed by atoms with van der Waals surface area (Å²) in [6, 6.07) is 8.59. The van der Waals surface area contributed by atoms with Crippen molar-refractivity contribution in [3.8, 4) is 0 Å². The molecule has 1 aromatic heterocycles. The highest BCUT2D eigenvalue weighted by Crippen LogP contribution is 2.13. The first-order valence-electron chi connectivity index (χ1n) is 7.38. The summed E-state index contributed by atoms with van der Waals surface area (Å²) in [5.41, 5.74) is 2.30. The molecular formula is C18H20N2O3. The zero-order valence-electron chi connectivity index (χ0n) is 13.5. The van der Waals surface area contributed by atoms with E-state index in [1.165, 1.54) is 13.3 Å². The Balaban J connectivity index is 2.18. The molecule has 23 heavy (non-hydrogen) atoms. The summed E-state index contributed by atoms with van der Waals surface area (Å²) < 4.78 is 4.75. The van der Waals surface area contributed by atoms with Crippen LogP contribution in [0.5, 0.6) is 0 Å². The number of carbonyl (C=O) groups excluding carboxylic acids is 2. The fourth-order valence-electron chi connectivity index (χ4n) is 2.15. The highest BCUT2D eigenvalue weighted by Gasteiger charge is 2.21. The number of hydrogen-bond donors (Lipinski definition) is 1. The summed E-state index contributed by atoms with van der Waals surface area (Å²) in [7, 11) is 1.31. The van der Waals surface area contributed by atoms with Crippen LogP contribution in [0.15, 0.2) is 48.2 Å². The maximum Gasteiger partial charge on any atom is 0.328 e. The first-order chi connectivity index (χ1) is 11.0. The van der Waals surface area contributed by atoms with Crippen LogP contribution < -0.4 is 5.32 Å². The Morgan fingerprint density at radius 2 is 2.04 bits per heavy atom. The number of carbonyl (C=O) groups is 2. The zero-order valence-corrected chi connectivity index (χ0v) is 13.5. The summed E-state index contributed by atoms with van der Waals surface area (Å²) in [5.74, 6) is -0.814. The zero-order chi connectivity index (χ0) is 16.8. The monoisotopic (exact) mass is 312 g/mol. The van der Waals surface area contributed by atoms with Crippen molar-refractivity contribution in [1.82, 2.24) is 10.3 Å². The highest BCUT2D eigenvalue weighted by molar-refractivity contribution is 5.99. The van der Waals surface area contributed by atoms with Crippen LogP contribution in [0.25, 0.3) is 10.9 Å². The molecule has 0 fully saturated rings. The van der Waals surface area contributed by atoms with E-state index >= 15 is 0 Å². The predicted octanol–water partition coefficient (Wildman–Crippen LogP) is 2.86. The van der Waals surface area contributed by atoms with Gasteiger partial charge in [-0.1, -0.05) is 29.8 Å². The standard InChI is InChI=1S/C18H20N2O3/c1-12(2)8-9-16(18(22)23-3)20-17(21)14-10-13-6-4-5-7-15(13)19-11-14/h4-8,10-11,16H,9H2,1-3H3,(H,20,21)/t16-/m0/s1. The fraction of sp³-hybridized carbons (Fsp3) is 0.278. The Labute approximate surface area is 135 Å². The lowest BCUT2D eigenvalue weighted by Gasteiger charge is -2.15. The summed E-state index contributed by atoms with van der Waals surface area (Å²) in [5, 5.41) is 3.58. The van der Waals surface area contributed by atoms with Gasteiger partial charge in [0, 0.05) is 11.6 Å². The average molecular weight is 312 g/mol. The van der Waals surface area contributed by atoms with E-state index in [4.69, 9.17) is 4.74 Å². The molecule has 0 saturated carbocycles. The van der Waals surface area contributed by atoms with Crippen LogP contribution in [-0.4, -0.2) is 30.0 Å². The summed E-state index contributed by atoms with van der Waals surface area (Å²) in [6.45, 7) is 3.87. The van der Waals surface area contributed by atoms with Gasteiger partial charge < -0.3 is 10.1 Å². The molecule has 1 N–H and O–H groups in total. The second-order valence-corrected chi connectivity index (χ2v) is 5.48. The van der Waals surface area contributed by atoms with Crippen LogP contribution in [0.3, 0.4) is 0 Å². The number of benzene rings is 1. The number of methoxy groups -OCH3 is 1. The van der Waals surface area contributed by atoms with E-state index in [1.807, 2.05) is 44.2 Å². The van der Waals surface area contributed by atoms with Crippen molar-refractivity contribution in [3.05, 3.63) is 53.7 Å². The number of pyridine rings is 1. The van der Waals surface area contributed by atoms with Crippen LogP contribution in [0.4, 0.5) is 0 Å². The number of amides is 1. The average Bonchev–Trinajstić information content (AvgIpc) is 2.57. The van der Waals surface area contributed by atoms with Gasteiger partial charge in [-0.2, -0.15) is 0 Å². The van der Waals surface area contributed by atoms with Gasteiger partial charge in [0.05, 0.1) is 18.2 Å². The molecule has 5 nitrogen and oxygen atoms in total. The molecule has 5 heteroatoms. The lowest BCUT2D eigenvalue weighted by atomic mass is 10.1. The van der Waals surface area contributed by atoms with Crippen LogP contribution >= 0.6 is 0 Å². The molecule has 1 heterocycles. The van der Waals surface area contributed by atoms with Gasteiger partial charge in [-0.15, -0.1) is 0 Å². The number of ether oxygens (including phenoxy) is 1. The molecule has 0 radical (unpaired) electrons. The van der Waals surface area contributed by atoms with Gasteiger partial charge >= 0.3 is 5.97 Å². The molecule has 0 unspecified atom stereocenters. The third kappa shape index (κ3) is 4.39. The number of esters is 1. The quantitative estimate of drug-likeness (QED) is 0.681. The molecule has 0 saturated heterocycles. The van der Waals surface area contributed by atoms with Crippen LogP contribution in [0.1, 0.15) is 30.6 Å². The Morgan fingerprint density at radius 3 is 2.74 bits per heavy atom. The Bertz CT molecular complexity index is 749. The van der Waals surface area contributed by atoms with Crippen molar-refractivity contribution < 1.29 is 14.3 Å². The normalized spacial score (nSPS) is 11.6. The summed E-state index contributed by atoms with van der Waals surface area (Å²) in [6.07, 6.45) is 3.79. The maximum atomic E-state index is 12.4. The van der Waals surface area contributed by atoms with Gasteiger partial charge in [-0.3, -0.25) is 9.78 Å². The molecule has 1 amide bonds. The summed E-state index contributed by atoms with van der Waals surface area (Å²) >= 11 is 0. The van der Waals surface area contributed by atoms with E-state index in [0.717, 1.165) is 16.5 Å². The lowest BCUT2D eigenvalue weighted by molar-refractivity contribution is -0.142. The van der Waals surface area contributed by atoms with E-state index in [1.54, 1.807) is 6.07 Å². The van der Waals surface area contributed by atoms with Crippen molar-refractivity contribution in [1.29, 1.82) is 0 Å². The minimum atomic E-state index is -0.714. The largest absolute Gasteiger partial charge is 0.467 e. The number of para-hydroxylation sites is 1. The van der Waals surface area contributed by atoms with Crippen molar-refractivity contribution in [3.63, 3.8) is 0 Å². The molecule has 2 rings (SSSR count). The SMILES string of the molecule is COC(=O)[C@H](CC=C(C)C)NC(=O)c1cnc2ccccc2c1. The first kappa shape index (κ1) is 16.7.